The Kier molecular flexibility index (Phi) is 11.5. The minimum atomic E-state index is -2.36. The Hall–Kier alpha value is -9.64. The summed E-state index contributed by atoms with van der Waals surface area (Å²) in [6.07, 6.45) is 7.28. The van der Waals surface area contributed by atoms with Gasteiger partial charge in [0.15, 0.2) is 0 Å². The summed E-state index contributed by atoms with van der Waals surface area (Å²) >= 11 is 0. The van der Waals surface area contributed by atoms with Gasteiger partial charge in [0.05, 0.1) is 22.8 Å². The fourth-order valence-electron chi connectivity index (χ4n) is 9.84. The maximum Gasteiger partial charge on any atom is 0.0889 e. The van der Waals surface area contributed by atoms with Gasteiger partial charge in [-0.25, -0.2) is 0 Å². The van der Waals surface area contributed by atoms with Crippen molar-refractivity contribution in [2.45, 2.75) is 13.8 Å². The van der Waals surface area contributed by atoms with Crippen molar-refractivity contribution in [3.05, 3.63) is 279 Å². The van der Waals surface area contributed by atoms with Gasteiger partial charge in [-0.05, 0) is 163 Å². The van der Waals surface area contributed by atoms with E-state index in [1.165, 1.54) is 0 Å². The van der Waals surface area contributed by atoms with Crippen molar-refractivity contribution >= 4 is 0 Å². The molecular weight excluding hydrogens is 897 g/mol. The highest BCUT2D eigenvalue weighted by Gasteiger charge is 2.15. The van der Waals surface area contributed by atoms with Gasteiger partial charge in [-0.1, -0.05) is 182 Å². The van der Waals surface area contributed by atoms with E-state index in [1.54, 1.807) is 18.5 Å². The molecule has 0 amide bonds. The van der Waals surface area contributed by atoms with E-state index in [-0.39, 0.29) is 5.56 Å². The van der Waals surface area contributed by atoms with Crippen molar-refractivity contribution in [1.29, 1.82) is 0 Å². The molecule has 0 aliphatic carbocycles. The minimum Gasteiger partial charge on any atom is -0.256 e. The average Bonchev–Trinajstić information content (AvgIpc) is 3.49. The Morgan fingerprint density at radius 3 is 1.22 bits per heavy atom. The van der Waals surface area contributed by atoms with Gasteiger partial charge in [0, 0.05) is 51.2 Å². The van der Waals surface area contributed by atoms with Crippen LogP contribution in [0.25, 0.3) is 123 Å². The molecule has 0 unspecified atom stereocenters. The second-order valence-electron chi connectivity index (χ2n) is 18.6. The number of nitrogens with zero attached hydrogens (tertiary/aromatic N) is 4. The van der Waals surface area contributed by atoms with E-state index < -0.39 is 6.85 Å². The fourth-order valence-corrected chi connectivity index (χ4v) is 9.84. The minimum absolute atomic E-state index is 0.234. The molecule has 4 nitrogen and oxygen atoms in total. The summed E-state index contributed by atoms with van der Waals surface area (Å²) in [6, 6.07) is 84.0. The highest BCUT2D eigenvalue weighted by molar-refractivity contribution is 5.89. The molecule has 4 aromatic heterocycles. The Labute approximate surface area is 437 Å². The van der Waals surface area contributed by atoms with Gasteiger partial charge in [0.2, 0.25) is 0 Å². The molecule has 0 atom stereocenters. The topological polar surface area (TPSA) is 51.6 Å². The van der Waals surface area contributed by atoms with Gasteiger partial charge in [0.25, 0.3) is 0 Å². The van der Waals surface area contributed by atoms with Crippen molar-refractivity contribution in [3.63, 3.8) is 0 Å². The van der Waals surface area contributed by atoms with Crippen LogP contribution in [0.15, 0.2) is 267 Å². The zero-order chi connectivity index (χ0) is 52.3. The Morgan fingerprint density at radius 2 is 0.689 bits per heavy atom. The van der Waals surface area contributed by atoms with Crippen LogP contribution in [0.2, 0.25) is 0 Å². The molecule has 4 heteroatoms. The predicted molar refractivity (Wildman–Crippen MR) is 307 cm³/mol. The molecule has 0 bridgehead atoms. The molecule has 0 radical (unpaired) electrons. The molecule has 74 heavy (non-hydrogen) atoms. The monoisotopic (exact) mass is 949 g/mol. The Morgan fingerprint density at radius 1 is 0.257 bits per heavy atom. The first-order chi connectivity index (χ1) is 37.7. The number of pyridine rings is 4. The maximum atomic E-state index is 8.48. The van der Waals surface area contributed by atoms with E-state index >= 15 is 0 Å². The quantitative estimate of drug-likeness (QED) is 0.130. The van der Waals surface area contributed by atoms with E-state index in [2.05, 4.69) is 193 Å². The standard InChI is InChI=1S/C70H50N4/c1-47-31-33-68(72-44-47)70-37-48(2)66(46-74-70)58-25-13-20-53(41-58)52-19-12-23-56(40-52)63-28-8-9-30-65(63)59-35-36-71-69(43-59)60-26-14-24-57(42-60)64-29-7-6-27-62(64)55-22-11-18-51(39-55)50-17-10-21-54(38-50)61-32-34-67(73-45-61)49-15-4-3-5-16-49/h3-46H,1-2H3/i2D3. The molecule has 0 aliphatic heterocycles. The predicted octanol–water partition coefficient (Wildman–Crippen LogP) is 18.2. The summed E-state index contributed by atoms with van der Waals surface area (Å²) in [6.45, 7) is -0.396. The number of benzene rings is 8. The molecule has 0 N–H and O–H groups in total. The molecule has 0 saturated carbocycles. The Bertz CT molecular complexity index is 4090. The molecule has 12 aromatic rings. The number of hydrogen-bond acceptors (Lipinski definition) is 4. The van der Waals surface area contributed by atoms with Crippen molar-refractivity contribution < 1.29 is 4.11 Å². The summed E-state index contributed by atoms with van der Waals surface area (Å²) in [5.41, 5.74) is 23.0. The fraction of sp³-hybridized carbons (Fsp3) is 0.0286. The number of aryl methyl sites for hydroxylation is 2. The Balaban J connectivity index is 0.816. The van der Waals surface area contributed by atoms with Crippen LogP contribution in [-0.4, -0.2) is 19.9 Å². The largest absolute Gasteiger partial charge is 0.256 e. The first-order valence-electron chi connectivity index (χ1n) is 26.3. The lowest BCUT2D eigenvalue weighted by atomic mass is 9.90. The van der Waals surface area contributed by atoms with Crippen LogP contribution in [0.3, 0.4) is 0 Å². The first kappa shape index (κ1) is 42.1. The average molecular weight is 950 g/mol. The van der Waals surface area contributed by atoms with Gasteiger partial charge >= 0.3 is 0 Å². The van der Waals surface area contributed by atoms with Crippen LogP contribution in [-0.2, 0) is 0 Å². The highest BCUT2D eigenvalue weighted by Crippen LogP contribution is 2.39. The zero-order valence-electron chi connectivity index (χ0n) is 43.7. The summed E-state index contributed by atoms with van der Waals surface area (Å²) in [5, 5.41) is 0. The van der Waals surface area contributed by atoms with Crippen LogP contribution in [0.1, 0.15) is 15.2 Å². The normalized spacial score (nSPS) is 11.9. The van der Waals surface area contributed by atoms with Crippen LogP contribution >= 0.6 is 0 Å². The van der Waals surface area contributed by atoms with E-state index in [0.717, 1.165) is 112 Å². The van der Waals surface area contributed by atoms with Gasteiger partial charge < -0.3 is 0 Å². The number of rotatable bonds is 11. The van der Waals surface area contributed by atoms with Crippen LogP contribution in [0, 0.1) is 13.8 Å². The second kappa shape index (κ2) is 20.2. The van der Waals surface area contributed by atoms with E-state index in [1.807, 2.05) is 67.8 Å². The molecule has 350 valence electrons. The number of aromatic nitrogens is 4. The van der Waals surface area contributed by atoms with Gasteiger partial charge in [0.1, 0.15) is 0 Å². The highest BCUT2D eigenvalue weighted by atomic mass is 14.8. The molecule has 4 heterocycles. The van der Waals surface area contributed by atoms with Gasteiger partial charge in [-0.15, -0.1) is 0 Å². The lowest BCUT2D eigenvalue weighted by molar-refractivity contribution is 1.21. The second-order valence-corrected chi connectivity index (χ2v) is 18.6. The number of hydrogen-bond donors (Lipinski definition) is 0. The summed E-state index contributed by atoms with van der Waals surface area (Å²) in [4.78, 5) is 18.9. The zero-order valence-corrected chi connectivity index (χ0v) is 40.7. The molecule has 0 fully saturated rings. The molecule has 0 aliphatic rings. The van der Waals surface area contributed by atoms with Crippen LogP contribution in [0.5, 0.6) is 0 Å². The summed E-state index contributed by atoms with van der Waals surface area (Å²) in [5.74, 6) is 0. The third-order valence-electron chi connectivity index (χ3n) is 13.7. The van der Waals surface area contributed by atoms with Crippen LogP contribution in [0.4, 0.5) is 0 Å². The summed E-state index contributed by atoms with van der Waals surface area (Å²) < 4.78 is 25.4. The van der Waals surface area contributed by atoms with Gasteiger partial charge in [-0.2, -0.15) is 0 Å². The third kappa shape index (κ3) is 9.48. The molecule has 0 spiro atoms. The first-order valence-corrected chi connectivity index (χ1v) is 24.8. The molecule has 12 rings (SSSR count). The third-order valence-corrected chi connectivity index (χ3v) is 13.7. The molecular formula is C70H50N4. The van der Waals surface area contributed by atoms with Crippen molar-refractivity contribution in [2.24, 2.45) is 0 Å². The van der Waals surface area contributed by atoms with Crippen molar-refractivity contribution in [1.82, 2.24) is 19.9 Å². The van der Waals surface area contributed by atoms with E-state index in [4.69, 9.17) is 19.1 Å². The SMILES string of the molecule is [2H]C([2H])([2H])c1cc(-c2ccc(C)cn2)ncc1-c1cccc(-c2cccc(-c3ccccc3-c3ccnc(-c4cccc(-c5ccccc5-c5cccc(-c6cccc(-c7ccc(-c8ccccc8)nc7)c6)c5)c4)c3)c2)c1. The van der Waals surface area contributed by atoms with Crippen molar-refractivity contribution in [2.75, 3.05) is 0 Å². The molecule has 8 aromatic carbocycles. The summed E-state index contributed by atoms with van der Waals surface area (Å²) in [7, 11) is 0. The maximum absolute atomic E-state index is 8.48. The lowest BCUT2D eigenvalue weighted by Crippen LogP contribution is -1.92. The lowest BCUT2D eigenvalue weighted by Gasteiger charge is -2.14. The van der Waals surface area contributed by atoms with Crippen molar-refractivity contribution in [3.8, 4) is 123 Å². The van der Waals surface area contributed by atoms with Crippen LogP contribution < -0.4 is 0 Å². The van der Waals surface area contributed by atoms with E-state index in [0.29, 0.717) is 17.0 Å². The molecule has 0 saturated heterocycles. The van der Waals surface area contributed by atoms with E-state index in [9.17, 15) is 0 Å². The smallest absolute Gasteiger partial charge is 0.0889 e. The van der Waals surface area contributed by atoms with Gasteiger partial charge in [-0.3, -0.25) is 19.9 Å².